The van der Waals surface area contributed by atoms with Crippen LogP contribution in [-0.4, -0.2) is 0 Å². The Bertz CT molecular complexity index is 554. The van der Waals surface area contributed by atoms with Crippen molar-refractivity contribution in [3.63, 3.8) is 0 Å². The average Bonchev–Trinajstić information content (AvgIpc) is 2.77. The zero-order valence-corrected chi connectivity index (χ0v) is 14.3. The van der Waals surface area contributed by atoms with Crippen molar-refractivity contribution in [3.05, 3.63) is 57.3 Å². The number of benzene rings is 1. The highest BCUT2D eigenvalue weighted by Crippen LogP contribution is 2.43. The topological polar surface area (TPSA) is 0 Å². The van der Waals surface area contributed by atoms with Gasteiger partial charge in [-0.05, 0) is 42.9 Å². The number of hydrogen-bond donors (Lipinski definition) is 0. The van der Waals surface area contributed by atoms with Crippen LogP contribution in [0.5, 0.6) is 0 Å². The molecule has 2 atom stereocenters. The molecule has 20 heavy (non-hydrogen) atoms. The van der Waals surface area contributed by atoms with Gasteiger partial charge in [0.2, 0.25) is 0 Å². The fourth-order valence-corrected chi connectivity index (χ4v) is 3.70. The smallest absolute Gasteiger partial charge is 0.0214 e. The normalized spacial score (nSPS) is 15.1. The van der Waals surface area contributed by atoms with E-state index >= 15 is 0 Å². The van der Waals surface area contributed by atoms with E-state index in [1.807, 2.05) is 11.3 Å². The third-order valence-electron chi connectivity index (χ3n) is 4.37. The summed E-state index contributed by atoms with van der Waals surface area (Å²) in [6, 6.07) is 13.6. The van der Waals surface area contributed by atoms with Gasteiger partial charge < -0.3 is 0 Å². The molecule has 0 nitrogen and oxygen atoms in total. The standard InChI is InChI=1S/C19H26S/c1-13-7-10-16(11-8-13)18(15(3)19(4,5)6)17-12-9-14(2)20-17/h7-12,15,18H,1-6H3/t15-,18-/m1/s1. The molecule has 1 heteroatoms. The van der Waals surface area contributed by atoms with Crippen molar-refractivity contribution in [2.24, 2.45) is 11.3 Å². The third-order valence-corrected chi connectivity index (χ3v) is 5.45. The summed E-state index contributed by atoms with van der Waals surface area (Å²) in [5.74, 6) is 1.09. The quantitative estimate of drug-likeness (QED) is 0.632. The van der Waals surface area contributed by atoms with Gasteiger partial charge in [0.25, 0.3) is 0 Å². The van der Waals surface area contributed by atoms with Gasteiger partial charge in [-0.15, -0.1) is 11.3 Å². The van der Waals surface area contributed by atoms with Gasteiger partial charge in [-0.1, -0.05) is 57.5 Å². The fraction of sp³-hybridized carbons (Fsp3) is 0.474. The Hall–Kier alpha value is -1.08. The maximum Gasteiger partial charge on any atom is 0.0214 e. The van der Waals surface area contributed by atoms with E-state index in [4.69, 9.17) is 0 Å². The predicted molar refractivity (Wildman–Crippen MR) is 90.7 cm³/mol. The zero-order chi connectivity index (χ0) is 14.9. The van der Waals surface area contributed by atoms with E-state index in [2.05, 4.69) is 77.9 Å². The van der Waals surface area contributed by atoms with Gasteiger partial charge in [0.15, 0.2) is 0 Å². The first kappa shape index (κ1) is 15.3. The van der Waals surface area contributed by atoms with E-state index in [0.29, 0.717) is 17.3 Å². The molecule has 2 aromatic rings. The lowest BCUT2D eigenvalue weighted by atomic mass is 9.71. The first-order valence-electron chi connectivity index (χ1n) is 7.42. The maximum absolute atomic E-state index is 2.39. The molecule has 0 N–H and O–H groups in total. The lowest BCUT2D eigenvalue weighted by Crippen LogP contribution is -2.24. The average molecular weight is 286 g/mol. The third kappa shape index (κ3) is 3.32. The lowest BCUT2D eigenvalue weighted by Gasteiger charge is -2.34. The van der Waals surface area contributed by atoms with Crippen molar-refractivity contribution in [1.82, 2.24) is 0 Å². The molecule has 0 aliphatic rings. The Labute approximate surface area is 127 Å². The van der Waals surface area contributed by atoms with Crippen LogP contribution in [0.15, 0.2) is 36.4 Å². The molecule has 0 amide bonds. The molecule has 1 aromatic heterocycles. The Morgan fingerprint density at radius 2 is 1.50 bits per heavy atom. The second-order valence-electron chi connectivity index (χ2n) is 6.99. The first-order chi connectivity index (χ1) is 9.29. The van der Waals surface area contributed by atoms with Crippen LogP contribution in [0, 0.1) is 25.2 Å². The minimum atomic E-state index is 0.299. The van der Waals surface area contributed by atoms with Gasteiger partial charge in [0, 0.05) is 15.7 Å². The van der Waals surface area contributed by atoms with Crippen molar-refractivity contribution in [2.45, 2.75) is 47.5 Å². The summed E-state index contributed by atoms with van der Waals surface area (Å²) in [6.07, 6.45) is 0. The van der Waals surface area contributed by atoms with Crippen LogP contribution in [0.3, 0.4) is 0 Å². The molecule has 0 unspecified atom stereocenters. The minimum Gasteiger partial charge on any atom is -0.145 e. The van der Waals surface area contributed by atoms with E-state index in [1.54, 1.807) is 0 Å². The Morgan fingerprint density at radius 3 is 1.95 bits per heavy atom. The van der Waals surface area contributed by atoms with Crippen LogP contribution in [0.1, 0.15) is 54.5 Å². The van der Waals surface area contributed by atoms with E-state index in [0.717, 1.165) is 0 Å². The number of aryl methyl sites for hydroxylation is 2. The molecule has 0 spiro atoms. The molecule has 0 aliphatic heterocycles. The molecule has 0 fully saturated rings. The van der Waals surface area contributed by atoms with Crippen LogP contribution in [-0.2, 0) is 0 Å². The second-order valence-corrected chi connectivity index (χ2v) is 8.31. The predicted octanol–water partition coefficient (Wildman–Crippen LogP) is 6.18. The Morgan fingerprint density at radius 1 is 0.900 bits per heavy atom. The number of rotatable bonds is 3. The van der Waals surface area contributed by atoms with Crippen molar-refractivity contribution < 1.29 is 0 Å². The van der Waals surface area contributed by atoms with Crippen molar-refractivity contribution in [2.75, 3.05) is 0 Å². The van der Waals surface area contributed by atoms with Gasteiger partial charge in [-0.25, -0.2) is 0 Å². The first-order valence-corrected chi connectivity index (χ1v) is 8.23. The Kier molecular flexibility index (Phi) is 4.39. The van der Waals surface area contributed by atoms with Gasteiger partial charge in [-0.2, -0.15) is 0 Å². The summed E-state index contributed by atoms with van der Waals surface area (Å²) in [4.78, 5) is 2.90. The van der Waals surface area contributed by atoms with E-state index < -0.39 is 0 Å². The molecule has 0 bridgehead atoms. The minimum absolute atomic E-state index is 0.299. The summed E-state index contributed by atoms with van der Waals surface area (Å²) in [5, 5.41) is 0. The molecule has 108 valence electrons. The van der Waals surface area contributed by atoms with Gasteiger partial charge in [0.1, 0.15) is 0 Å². The fourth-order valence-electron chi connectivity index (χ4n) is 2.59. The molecular weight excluding hydrogens is 260 g/mol. The number of thiophene rings is 1. The van der Waals surface area contributed by atoms with E-state index in [1.165, 1.54) is 20.9 Å². The molecule has 2 rings (SSSR count). The van der Waals surface area contributed by atoms with E-state index in [9.17, 15) is 0 Å². The van der Waals surface area contributed by atoms with Crippen LogP contribution in [0.2, 0.25) is 0 Å². The molecule has 0 radical (unpaired) electrons. The molecule has 0 saturated carbocycles. The molecule has 0 saturated heterocycles. The zero-order valence-electron chi connectivity index (χ0n) is 13.5. The SMILES string of the molecule is Cc1ccc([C@H](c2ccc(C)s2)[C@@H](C)C(C)(C)C)cc1. The molecule has 1 aromatic carbocycles. The van der Waals surface area contributed by atoms with Gasteiger partial charge >= 0.3 is 0 Å². The Balaban J connectivity index is 2.46. The maximum atomic E-state index is 2.39. The van der Waals surface area contributed by atoms with E-state index in [-0.39, 0.29) is 0 Å². The summed E-state index contributed by atoms with van der Waals surface area (Å²) < 4.78 is 0. The molecular formula is C19H26S. The van der Waals surface area contributed by atoms with Crippen molar-refractivity contribution in [3.8, 4) is 0 Å². The summed E-state index contributed by atoms with van der Waals surface area (Å²) in [6.45, 7) is 13.8. The number of hydrogen-bond acceptors (Lipinski definition) is 1. The summed E-state index contributed by atoms with van der Waals surface area (Å²) in [7, 11) is 0. The summed E-state index contributed by atoms with van der Waals surface area (Å²) >= 11 is 1.94. The highest BCUT2D eigenvalue weighted by Gasteiger charge is 2.31. The lowest BCUT2D eigenvalue weighted by molar-refractivity contribution is 0.239. The molecule has 0 aliphatic carbocycles. The van der Waals surface area contributed by atoms with Crippen LogP contribution in [0.4, 0.5) is 0 Å². The van der Waals surface area contributed by atoms with Crippen molar-refractivity contribution >= 4 is 11.3 Å². The van der Waals surface area contributed by atoms with Crippen LogP contribution >= 0.6 is 11.3 Å². The highest BCUT2D eigenvalue weighted by molar-refractivity contribution is 7.12. The second kappa shape index (κ2) is 5.73. The van der Waals surface area contributed by atoms with Gasteiger partial charge in [0.05, 0.1) is 0 Å². The van der Waals surface area contributed by atoms with Gasteiger partial charge in [-0.3, -0.25) is 0 Å². The van der Waals surface area contributed by atoms with Crippen LogP contribution in [0.25, 0.3) is 0 Å². The summed E-state index contributed by atoms with van der Waals surface area (Å²) in [5.41, 5.74) is 3.08. The monoisotopic (exact) mass is 286 g/mol. The van der Waals surface area contributed by atoms with Crippen LogP contribution < -0.4 is 0 Å². The largest absolute Gasteiger partial charge is 0.145 e. The highest BCUT2D eigenvalue weighted by atomic mass is 32.1. The molecule has 1 heterocycles. The van der Waals surface area contributed by atoms with Crippen molar-refractivity contribution in [1.29, 1.82) is 0 Å².